The van der Waals surface area contributed by atoms with E-state index in [9.17, 15) is 0 Å². The summed E-state index contributed by atoms with van der Waals surface area (Å²) in [6.45, 7) is 0. The molecule has 0 spiro atoms. The first-order chi connectivity index (χ1) is 22.7. The molecule has 3 aliphatic rings. The van der Waals surface area contributed by atoms with E-state index >= 15 is 0 Å². The van der Waals surface area contributed by atoms with Crippen LogP contribution in [0.1, 0.15) is 44.9 Å². The highest BCUT2D eigenvalue weighted by Crippen LogP contribution is 2.61. The highest BCUT2D eigenvalue weighted by atomic mass is 79.9. The van der Waals surface area contributed by atoms with Gasteiger partial charge in [-0.15, -0.1) is 0 Å². The van der Waals surface area contributed by atoms with Crippen molar-refractivity contribution in [2.45, 2.75) is 11.3 Å². The van der Waals surface area contributed by atoms with Gasteiger partial charge in [-0.3, -0.25) is 0 Å². The Labute approximate surface area is 276 Å². The molecule has 1 nitrogen and oxygen atoms in total. The third kappa shape index (κ3) is 3.40. The molecule has 0 fully saturated rings. The molecule has 0 amide bonds. The van der Waals surface area contributed by atoms with Gasteiger partial charge < -0.3 is 4.57 Å². The first-order valence-corrected chi connectivity index (χ1v) is 16.7. The van der Waals surface area contributed by atoms with Crippen LogP contribution in [0.2, 0.25) is 0 Å². The highest BCUT2D eigenvalue weighted by molar-refractivity contribution is 9.10. The molecule has 0 unspecified atom stereocenters. The summed E-state index contributed by atoms with van der Waals surface area (Å²) in [6, 6.07) is 60.9. The number of halogens is 1. The summed E-state index contributed by atoms with van der Waals surface area (Å²) >= 11 is 3.72. The zero-order chi connectivity index (χ0) is 30.4. The average Bonchev–Trinajstić information content (AvgIpc) is 3.44. The molecule has 46 heavy (non-hydrogen) atoms. The van der Waals surface area contributed by atoms with Gasteiger partial charge in [0.05, 0.1) is 16.4 Å². The Morgan fingerprint density at radius 2 is 0.957 bits per heavy atom. The maximum Gasteiger partial charge on any atom is 0.0710 e. The molecule has 1 heterocycles. The van der Waals surface area contributed by atoms with Crippen LogP contribution >= 0.6 is 15.9 Å². The lowest BCUT2D eigenvalue weighted by Crippen LogP contribution is -2.43. The summed E-state index contributed by atoms with van der Waals surface area (Å²) in [5, 5.41) is 2.52. The monoisotopic (exact) mass is 649 g/mol. The van der Waals surface area contributed by atoms with Crippen molar-refractivity contribution in [2.75, 3.05) is 0 Å². The maximum atomic E-state index is 3.72. The number of rotatable bonds is 3. The minimum Gasteiger partial charge on any atom is -0.309 e. The quantitative estimate of drug-likeness (QED) is 0.179. The van der Waals surface area contributed by atoms with Gasteiger partial charge >= 0.3 is 0 Å². The lowest BCUT2D eigenvalue weighted by atomic mass is 9.51. The molecular formula is C44H28BrN. The van der Waals surface area contributed by atoms with E-state index in [0.717, 1.165) is 10.2 Å². The van der Waals surface area contributed by atoms with E-state index in [0.29, 0.717) is 0 Å². The van der Waals surface area contributed by atoms with E-state index in [2.05, 4.69) is 184 Å². The van der Waals surface area contributed by atoms with Crippen LogP contribution in [0.15, 0.2) is 168 Å². The maximum absolute atomic E-state index is 3.72. The fourth-order valence-electron chi connectivity index (χ4n) is 8.61. The van der Waals surface area contributed by atoms with E-state index in [1.165, 1.54) is 71.9 Å². The minimum atomic E-state index is -0.353. The minimum absolute atomic E-state index is 0.272. The van der Waals surface area contributed by atoms with E-state index in [1.807, 2.05) is 0 Å². The van der Waals surface area contributed by atoms with Gasteiger partial charge in [0.1, 0.15) is 0 Å². The second kappa shape index (κ2) is 9.66. The molecule has 11 rings (SSSR count). The summed E-state index contributed by atoms with van der Waals surface area (Å²) < 4.78 is 3.47. The fourth-order valence-corrected chi connectivity index (χ4v) is 8.96. The molecule has 0 N–H and O–H groups in total. The van der Waals surface area contributed by atoms with Gasteiger partial charge in [-0.2, -0.15) is 0 Å². The molecule has 2 heteroatoms. The van der Waals surface area contributed by atoms with Crippen LogP contribution in [0.3, 0.4) is 0 Å². The summed E-state index contributed by atoms with van der Waals surface area (Å²) in [4.78, 5) is 0. The lowest BCUT2D eigenvalue weighted by Gasteiger charge is -2.51. The van der Waals surface area contributed by atoms with Crippen LogP contribution < -0.4 is 0 Å². The molecule has 8 aromatic rings. The summed E-state index contributed by atoms with van der Waals surface area (Å²) in [7, 11) is 0. The van der Waals surface area contributed by atoms with Crippen molar-refractivity contribution in [1.29, 1.82) is 0 Å². The Balaban J connectivity index is 1.18. The summed E-state index contributed by atoms with van der Waals surface area (Å²) in [5.41, 5.74) is 15.5. The van der Waals surface area contributed by atoms with Crippen molar-refractivity contribution in [3.8, 4) is 16.8 Å². The zero-order valence-electron chi connectivity index (χ0n) is 25.0. The van der Waals surface area contributed by atoms with Crippen LogP contribution in [0.25, 0.3) is 38.6 Å². The van der Waals surface area contributed by atoms with Gasteiger partial charge in [0.2, 0.25) is 0 Å². The summed E-state index contributed by atoms with van der Waals surface area (Å²) in [6.07, 6.45) is 0. The van der Waals surface area contributed by atoms with Crippen molar-refractivity contribution in [2.24, 2.45) is 0 Å². The van der Waals surface area contributed by atoms with Crippen LogP contribution in [-0.4, -0.2) is 4.57 Å². The predicted molar refractivity (Wildman–Crippen MR) is 193 cm³/mol. The van der Waals surface area contributed by atoms with E-state index in [4.69, 9.17) is 0 Å². The second-order valence-corrected chi connectivity index (χ2v) is 13.5. The van der Waals surface area contributed by atoms with Gasteiger partial charge in [0.25, 0.3) is 0 Å². The Morgan fingerprint density at radius 1 is 0.457 bits per heavy atom. The summed E-state index contributed by atoms with van der Waals surface area (Å²) in [5.74, 6) is 0.272. The van der Waals surface area contributed by atoms with Gasteiger partial charge in [-0.25, -0.2) is 0 Å². The SMILES string of the molecule is Brc1ccc2c3ccc(-c4ccc(C56c7ccccc7C(c7ccccc75)c5ccccc56)cc4)cc3n(-c3ccccc3)c2c1. The molecule has 0 saturated heterocycles. The predicted octanol–water partition coefficient (Wildman–Crippen LogP) is 11.4. The van der Waals surface area contributed by atoms with Crippen molar-refractivity contribution < 1.29 is 0 Å². The normalized spacial score (nSPS) is 17.5. The molecule has 7 aromatic carbocycles. The number of aromatic nitrogens is 1. The third-order valence-corrected chi connectivity index (χ3v) is 10.9. The highest BCUT2D eigenvalue weighted by Gasteiger charge is 2.52. The number of nitrogens with zero attached hydrogens (tertiary/aromatic N) is 1. The number of benzene rings is 7. The van der Waals surface area contributed by atoms with E-state index in [-0.39, 0.29) is 11.3 Å². The number of para-hydroxylation sites is 1. The Hall–Kier alpha value is -5.18. The number of hydrogen-bond donors (Lipinski definition) is 0. The van der Waals surface area contributed by atoms with Crippen molar-refractivity contribution in [3.05, 3.63) is 207 Å². The Morgan fingerprint density at radius 3 is 1.57 bits per heavy atom. The lowest BCUT2D eigenvalue weighted by molar-refractivity contribution is 0.629. The van der Waals surface area contributed by atoms with Crippen LogP contribution in [0.4, 0.5) is 0 Å². The van der Waals surface area contributed by atoms with E-state index < -0.39 is 0 Å². The first-order valence-electron chi connectivity index (χ1n) is 15.9. The van der Waals surface area contributed by atoms with Gasteiger partial charge in [0, 0.05) is 26.9 Å². The molecule has 0 saturated carbocycles. The fraction of sp³-hybridized carbons (Fsp3) is 0.0455. The standard InChI is InChI=1S/C44H28BrN/c45-31-23-25-34-33-24-20-29(26-41(33)46(42(34)27-31)32-10-2-1-3-11-32)28-18-21-30(22-19-28)44-38-15-7-4-12-35(38)43(36-13-5-8-16-39(36)44)37-14-6-9-17-40(37)44/h1-27,43H. The topological polar surface area (TPSA) is 4.93 Å². The van der Waals surface area contributed by atoms with Crippen molar-refractivity contribution in [1.82, 2.24) is 4.57 Å². The van der Waals surface area contributed by atoms with E-state index in [1.54, 1.807) is 0 Å². The van der Waals surface area contributed by atoms with Crippen molar-refractivity contribution >= 4 is 37.7 Å². The molecule has 216 valence electrons. The molecule has 0 aliphatic heterocycles. The second-order valence-electron chi connectivity index (χ2n) is 12.6. The van der Waals surface area contributed by atoms with Crippen LogP contribution in [0, 0.1) is 0 Å². The molecule has 1 aromatic heterocycles. The number of hydrogen-bond acceptors (Lipinski definition) is 0. The molecule has 3 aliphatic carbocycles. The molecular weight excluding hydrogens is 622 g/mol. The first kappa shape index (κ1) is 26.1. The van der Waals surface area contributed by atoms with Crippen molar-refractivity contribution in [3.63, 3.8) is 0 Å². The average molecular weight is 651 g/mol. The zero-order valence-corrected chi connectivity index (χ0v) is 26.6. The van der Waals surface area contributed by atoms with Gasteiger partial charge in [0.15, 0.2) is 0 Å². The third-order valence-electron chi connectivity index (χ3n) is 10.4. The Kier molecular flexibility index (Phi) is 5.48. The smallest absolute Gasteiger partial charge is 0.0710 e. The largest absolute Gasteiger partial charge is 0.309 e. The molecule has 0 radical (unpaired) electrons. The van der Waals surface area contributed by atoms with Gasteiger partial charge in [-0.1, -0.05) is 149 Å². The Bertz CT molecular complexity index is 2370. The molecule has 2 bridgehead atoms. The van der Waals surface area contributed by atoms with Crippen LogP contribution in [0.5, 0.6) is 0 Å². The molecule has 0 atom stereocenters. The van der Waals surface area contributed by atoms with Crippen LogP contribution in [-0.2, 0) is 5.41 Å². The number of fused-ring (bicyclic) bond motifs is 3. The van der Waals surface area contributed by atoms with Gasteiger partial charge in [-0.05, 0) is 80.4 Å².